The van der Waals surface area contributed by atoms with E-state index in [2.05, 4.69) is 17.0 Å². The standard InChI is InChI=1S/C23H23N3O2/c24-13-15-3-1-5-18(11-15)23(28)26-14-20(17-4-2-6-19(27)12-17)22-21(26)16-7-9-25(22)10-8-16/h1-6,11-12,16,20-22,27H,7-10,14H2/t20-,21+,22+/m0/s1. The number of nitriles is 1. The SMILES string of the molecule is N#Cc1cccc(C(=O)N2C[C@@H](c3cccc(O)c3)[C@@H]3[C@H]2C2CCN3CC2)c1. The molecule has 4 saturated heterocycles. The zero-order valence-electron chi connectivity index (χ0n) is 15.7. The topological polar surface area (TPSA) is 67.6 Å². The van der Waals surface area contributed by atoms with Crippen LogP contribution in [0.15, 0.2) is 48.5 Å². The van der Waals surface area contributed by atoms with E-state index in [0.717, 1.165) is 31.5 Å². The number of likely N-dealkylation sites (tertiary alicyclic amines) is 1. The third kappa shape index (κ3) is 2.68. The van der Waals surface area contributed by atoms with Gasteiger partial charge in [0.1, 0.15) is 5.75 Å². The van der Waals surface area contributed by atoms with Crippen molar-refractivity contribution in [3.05, 3.63) is 65.2 Å². The van der Waals surface area contributed by atoms with E-state index in [4.69, 9.17) is 0 Å². The maximum absolute atomic E-state index is 13.4. The lowest BCUT2D eigenvalue weighted by Crippen LogP contribution is -2.60. The molecule has 0 saturated carbocycles. The van der Waals surface area contributed by atoms with Crippen molar-refractivity contribution in [3.63, 3.8) is 0 Å². The molecule has 2 aromatic carbocycles. The van der Waals surface area contributed by atoms with Gasteiger partial charge in [-0.3, -0.25) is 9.69 Å². The number of hydrogen-bond acceptors (Lipinski definition) is 4. The van der Waals surface area contributed by atoms with Gasteiger partial charge in [-0.1, -0.05) is 18.2 Å². The first-order chi connectivity index (χ1) is 13.7. The number of nitrogens with zero attached hydrogens (tertiary/aromatic N) is 3. The molecule has 4 aliphatic heterocycles. The summed E-state index contributed by atoms with van der Waals surface area (Å²) in [6.07, 6.45) is 2.27. The van der Waals surface area contributed by atoms with Crippen LogP contribution in [0.1, 0.15) is 40.2 Å². The molecule has 4 heterocycles. The van der Waals surface area contributed by atoms with Gasteiger partial charge in [0.15, 0.2) is 0 Å². The fourth-order valence-electron chi connectivity index (χ4n) is 5.59. The highest BCUT2D eigenvalue weighted by atomic mass is 16.3. The van der Waals surface area contributed by atoms with Gasteiger partial charge < -0.3 is 10.0 Å². The van der Waals surface area contributed by atoms with E-state index in [1.165, 1.54) is 0 Å². The van der Waals surface area contributed by atoms with Gasteiger partial charge >= 0.3 is 0 Å². The molecule has 0 unspecified atom stereocenters. The highest BCUT2D eigenvalue weighted by molar-refractivity contribution is 5.95. The van der Waals surface area contributed by atoms with Crippen molar-refractivity contribution in [3.8, 4) is 11.8 Å². The molecule has 0 aliphatic carbocycles. The van der Waals surface area contributed by atoms with E-state index in [1.807, 2.05) is 17.0 Å². The van der Waals surface area contributed by atoms with Gasteiger partial charge in [-0.2, -0.15) is 5.26 Å². The number of phenolic OH excluding ortho intramolecular Hbond substituents is 1. The lowest BCUT2D eigenvalue weighted by atomic mass is 9.75. The third-order valence-electron chi connectivity index (χ3n) is 6.79. The normalized spacial score (nSPS) is 30.7. The summed E-state index contributed by atoms with van der Waals surface area (Å²) in [4.78, 5) is 18.0. The van der Waals surface area contributed by atoms with Gasteiger partial charge in [-0.25, -0.2) is 0 Å². The summed E-state index contributed by atoms with van der Waals surface area (Å²) in [5, 5.41) is 19.2. The van der Waals surface area contributed by atoms with Crippen molar-refractivity contribution in [2.45, 2.75) is 30.8 Å². The molecular weight excluding hydrogens is 350 g/mol. The van der Waals surface area contributed by atoms with Gasteiger partial charge in [-0.05, 0) is 67.7 Å². The minimum absolute atomic E-state index is 0.0171. The van der Waals surface area contributed by atoms with Crippen molar-refractivity contribution in [2.24, 2.45) is 5.92 Å². The first kappa shape index (κ1) is 17.3. The summed E-state index contributed by atoms with van der Waals surface area (Å²) < 4.78 is 0. The number of benzene rings is 2. The molecule has 4 aliphatic rings. The highest BCUT2D eigenvalue weighted by Crippen LogP contribution is 2.47. The van der Waals surface area contributed by atoms with Gasteiger partial charge in [0, 0.05) is 24.1 Å². The summed E-state index contributed by atoms with van der Waals surface area (Å²) in [6, 6.07) is 17.1. The highest BCUT2D eigenvalue weighted by Gasteiger charge is 2.54. The first-order valence-electron chi connectivity index (χ1n) is 10.00. The molecule has 3 atom stereocenters. The van der Waals surface area contributed by atoms with Crippen LogP contribution in [0.5, 0.6) is 5.75 Å². The number of carbonyl (C=O) groups is 1. The number of rotatable bonds is 2. The van der Waals surface area contributed by atoms with Crippen molar-refractivity contribution in [2.75, 3.05) is 19.6 Å². The Kier molecular flexibility index (Phi) is 4.10. The molecule has 4 fully saturated rings. The summed E-state index contributed by atoms with van der Waals surface area (Å²) in [6.45, 7) is 2.83. The van der Waals surface area contributed by atoms with Crippen LogP contribution in [0.25, 0.3) is 0 Å². The second kappa shape index (κ2) is 6.65. The summed E-state index contributed by atoms with van der Waals surface area (Å²) >= 11 is 0. The van der Waals surface area contributed by atoms with Crippen molar-refractivity contribution in [1.82, 2.24) is 9.80 Å². The van der Waals surface area contributed by atoms with Crippen LogP contribution < -0.4 is 0 Å². The van der Waals surface area contributed by atoms with Crippen LogP contribution in [0, 0.1) is 17.2 Å². The Morgan fingerprint density at radius 1 is 1.07 bits per heavy atom. The van der Waals surface area contributed by atoms with Crippen molar-refractivity contribution < 1.29 is 9.90 Å². The van der Waals surface area contributed by atoms with Gasteiger partial charge in [0.25, 0.3) is 5.91 Å². The molecule has 0 spiro atoms. The molecule has 1 N–H and O–H groups in total. The van der Waals surface area contributed by atoms with Gasteiger partial charge in [0.2, 0.25) is 0 Å². The number of carbonyl (C=O) groups excluding carboxylic acids is 1. The van der Waals surface area contributed by atoms with Crippen LogP contribution in [-0.4, -0.2) is 52.5 Å². The number of fused-ring (bicyclic) bond motifs is 2. The van der Waals surface area contributed by atoms with Crippen molar-refractivity contribution in [1.29, 1.82) is 5.26 Å². The van der Waals surface area contributed by atoms with Gasteiger partial charge in [0.05, 0.1) is 17.7 Å². The Morgan fingerprint density at radius 2 is 1.86 bits per heavy atom. The fourth-order valence-corrected chi connectivity index (χ4v) is 5.59. The van der Waals surface area contributed by atoms with Gasteiger partial charge in [-0.15, -0.1) is 0 Å². The predicted octanol–water partition coefficient (Wildman–Crippen LogP) is 2.97. The van der Waals surface area contributed by atoms with Crippen LogP contribution in [-0.2, 0) is 0 Å². The van der Waals surface area contributed by atoms with Crippen LogP contribution in [0.2, 0.25) is 0 Å². The van der Waals surface area contributed by atoms with E-state index in [1.54, 1.807) is 30.3 Å². The Balaban J connectivity index is 1.53. The lowest BCUT2D eigenvalue weighted by molar-refractivity contribution is -0.00341. The van der Waals surface area contributed by atoms with Crippen LogP contribution in [0.3, 0.4) is 0 Å². The molecule has 5 nitrogen and oxygen atoms in total. The Bertz CT molecular complexity index is 958. The molecule has 1 amide bonds. The number of amides is 1. The predicted molar refractivity (Wildman–Crippen MR) is 105 cm³/mol. The van der Waals surface area contributed by atoms with E-state index < -0.39 is 0 Å². The largest absolute Gasteiger partial charge is 0.508 e. The van der Waals surface area contributed by atoms with E-state index in [9.17, 15) is 15.2 Å². The minimum Gasteiger partial charge on any atom is -0.508 e. The molecule has 0 radical (unpaired) electrons. The number of phenols is 1. The summed E-state index contributed by atoms with van der Waals surface area (Å²) in [7, 11) is 0. The molecule has 0 aromatic heterocycles. The van der Waals surface area contributed by atoms with E-state index in [0.29, 0.717) is 29.6 Å². The lowest BCUT2D eigenvalue weighted by Gasteiger charge is -2.51. The fraction of sp³-hybridized carbons (Fsp3) is 0.391. The van der Waals surface area contributed by atoms with E-state index >= 15 is 0 Å². The van der Waals surface area contributed by atoms with Crippen molar-refractivity contribution >= 4 is 5.91 Å². The summed E-state index contributed by atoms with van der Waals surface area (Å²) in [5.41, 5.74) is 2.20. The molecule has 6 rings (SSSR count). The smallest absolute Gasteiger partial charge is 0.254 e. The maximum atomic E-state index is 13.4. The van der Waals surface area contributed by atoms with Crippen LogP contribution >= 0.6 is 0 Å². The zero-order chi connectivity index (χ0) is 19.3. The van der Waals surface area contributed by atoms with Crippen LogP contribution in [0.4, 0.5) is 0 Å². The molecular formula is C23H23N3O2. The molecule has 2 bridgehead atoms. The molecule has 142 valence electrons. The zero-order valence-corrected chi connectivity index (χ0v) is 15.7. The Hall–Kier alpha value is -2.84. The monoisotopic (exact) mass is 373 g/mol. The Labute approximate surface area is 164 Å². The molecule has 5 heteroatoms. The van der Waals surface area contributed by atoms with E-state index in [-0.39, 0.29) is 23.6 Å². The molecule has 28 heavy (non-hydrogen) atoms. The number of hydrogen-bond donors (Lipinski definition) is 1. The quantitative estimate of drug-likeness (QED) is 0.879. The Morgan fingerprint density at radius 3 is 2.61 bits per heavy atom. The maximum Gasteiger partial charge on any atom is 0.254 e. The number of aromatic hydroxyl groups is 1. The first-order valence-corrected chi connectivity index (χ1v) is 10.00. The number of piperidine rings is 3. The second-order valence-corrected chi connectivity index (χ2v) is 8.21. The second-order valence-electron chi connectivity index (χ2n) is 8.21. The average molecular weight is 373 g/mol. The minimum atomic E-state index is 0.0171. The summed E-state index contributed by atoms with van der Waals surface area (Å²) in [5.74, 6) is 1.02. The third-order valence-corrected chi connectivity index (χ3v) is 6.79. The molecule has 2 aromatic rings. The average Bonchev–Trinajstić information content (AvgIpc) is 3.17.